The van der Waals surface area contributed by atoms with Crippen molar-refractivity contribution < 1.29 is 14.6 Å². The highest BCUT2D eigenvalue weighted by Crippen LogP contribution is 2.22. The summed E-state index contributed by atoms with van der Waals surface area (Å²) in [7, 11) is 1.39. The summed E-state index contributed by atoms with van der Waals surface area (Å²) in [5.74, 6) is -0.502. The first kappa shape index (κ1) is 11.7. The third-order valence-corrected chi connectivity index (χ3v) is 2.34. The lowest BCUT2D eigenvalue weighted by molar-refractivity contribution is -0.142. The Morgan fingerprint density at radius 1 is 1.40 bits per heavy atom. The molecule has 3 heteroatoms. The monoisotopic (exact) mass is 208 g/mol. The highest BCUT2D eigenvalue weighted by Gasteiger charge is 2.20. The summed E-state index contributed by atoms with van der Waals surface area (Å²) in [6.07, 6.45) is 1.22. The lowest BCUT2D eigenvalue weighted by Gasteiger charge is -2.14. The first-order valence-corrected chi connectivity index (χ1v) is 5.03. The van der Waals surface area contributed by atoms with Crippen molar-refractivity contribution >= 4 is 5.97 Å². The lowest BCUT2D eigenvalue weighted by atomic mass is 9.94. The molecule has 1 unspecified atom stereocenters. The number of rotatable bonds is 5. The van der Waals surface area contributed by atoms with E-state index in [1.54, 1.807) is 0 Å². The molecule has 0 aliphatic carbocycles. The van der Waals surface area contributed by atoms with Gasteiger partial charge >= 0.3 is 5.97 Å². The van der Waals surface area contributed by atoms with Crippen LogP contribution in [-0.4, -0.2) is 24.8 Å². The molecule has 0 aromatic heterocycles. The predicted octanol–water partition coefficient (Wildman–Crippen LogP) is 1.72. The third-order valence-electron chi connectivity index (χ3n) is 2.34. The van der Waals surface area contributed by atoms with E-state index in [1.165, 1.54) is 7.11 Å². The SMILES string of the molecule is COC(=O)C(CCCO)c1ccccc1. The second-order valence-corrected chi connectivity index (χ2v) is 3.35. The van der Waals surface area contributed by atoms with Crippen molar-refractivity contribution in [1.29, 1.82) is 0 Å². The fraction of sp³-hybridized carbons (Fsp3) is 0.417. The molecule has 1 rings (SSSR count). The van der Waals surface area contributed by atoms with Gasteiger partial charge in [-0.1, -0.05) is 30.3 Å². The summed E-state index contributed by atoms with van der Waals surface area (Å²) in [4.78, 5) is 11.5. The Balaban J connectivity index is 2.76. The number of hydrogen-bond acceptors (Lipinski definition) is 3. The zero-order valence-electron chi connectivity index (χ0n) is 8.85. The van der Waals surface area contributed by atoms with E-state index >= 15 is 0 Å². The van der Waals surface area contributed by atoms with Crippen molar-refractivity contribution in [2.24, 2.45) is 0 Å². The van der Waals surface area contributed by atoms with Crippen LogP contribution in [-0.2, 0) is 9.53 Å². The molecule has 0 saturated heterocycles. The van der Waals surface area contributed by atoms with Crippen LogP contribution in [0.2, 0.25) is 0 Å². The van der Waals surface area contributed by atoms with Crippen molar-refractivity contribution in [3.63, 3.8) is 0 Å². The Hall–Kier alpha value is -1.35. The number of hydrogen-bond donors (Lipinski definition) is 1. The largest absolute Gasteiger partial charge is 0.469 e. The normalized spacial score (nSPS) is 12.1. The Kier molecular flexibility index (Phi) is 4.84. The lowest BCUT2D eigenvalue weighted by Crippen LogP contribution is -2.14. The molecule has 0 amide bonds. The zero-order chi connectivity index (χ0) is 11.1. The van der Waals surface area contributed by atoms with E-state index in [-0.39, 0.29) is 18.5 Å². The molecule has 1 N–H and O–H groups in total. The highest BCUT2D eigenvalue weighted by atomic mass is 16.5. The molecule has 0 bridgehead atoms. The van der Waals surface area contributed by atoms with Crippen LogP contribution in [0.15, 0.2) is 30.3 Å². The third kappa shape index (κ3) is 3.36. The van der Waals surface area contributed by atoms with Gasteiger partial charge in [0.1, 0.15) is 0 Å². The molecule has 0 saturated carbocycles. The Morgan fingerprint density at radius 3 is 2.60 bits per heavy atom. The van der Waals surface area contributed by atoms with Crippen LogP contribution < -0.4 is 0 Å². The van der Waals surface area contributed by atoms with Gasteiger partial charge in [-0.2, -0.15) is 0 Å². The fourth-order valence-corrected chi connectivity index (χ4v) is 1.54. The van der Waals surface area contributed by atoms with Crippen LogP contribution in [0.25, 0.3) is 0 Å². The van der Waals surface area contributed by atoms with Crippen LogP contribution in [0.3, 0.4) is 0 Å². The van der Waals surface area contributed by atoms with E-state index < -0.39 is 0 Å². The topological polar surface area (TPSA) is 46.5 Å². The van der Waals surface area contributed by atoms with E-state index in [2.05, 4.69) is 0 Å². The molecular weight excluding hydrogens is 192 g/mol. The minimum Gasteiger partial charge on any atom is -0.469 e. The number of methoxy groups -OCH3 is 1. The number of aliphatic hydroxyl groups is 1. The van der Waals surface area contributed by atoms with Crippen molar-refractivity contribution in [1.82, 2.24) is 0 Å². The van der Waals surface area contributed by atoms with Gasteiger partial charge in [0.2, 0.25) is 0 Å². The smallest absolute Gasteiger partial charge is 0.313 e. The molecule has 0 radical (unpaired) electrons. The summed E-state index contributed by atoms with van der Waals surface area (Å²) in [6.45, 7) is 0.0975. The molecule has 1 aromatic carbocycles. The number of esters is 1. The number of benzene rings is 1. The molecule has 3 nitrogen and oxygen atoms in total. The molecule has 0 aliphatic rings. The molecule has 0 fully saturated rings. The summed E-state index contributed by atoms with van der Waals surface area (Å²) in [5.41, 5.74) is 0.942. The van der Waals surface area contributed by atoms with Crippen LogP contribution in [0.4, 0.5) is 0 Å². The van der Waals surface area contributed by atoms with E-state index in [0.717, 1.165) is 5.56 Å². The van der Waals surface area contributed by atoms with Gasteiger partial charge in [0.25, 0.3) is 0 Å². The maximum atomic E-state index is 11.5. The van der Waals surface area contributed by atoms with Crippen molar-refractivity contribution in [3.05, 3.63) is 35.9 Å². The molecule has 1 aromatic rings. The van der Waals surface area contributed by atoms with Gasteiger partial charge in [0.15, 0.2) is 0 Å². The van der Waals surface area contributed by atoms with Crippen LogP contribution in [0.1, 0.15) is 24.3 Å². The van der Waals surface area contributed by atoms with Gasteiger partial charge in [-0.3, -0.25) is 4.79 Å². The van der Waals surface area contributed by atoms with Crippen molar-refractivity contribution in [2.75, 3.05) is 13.7 Å². The summed E-state index contributed by atoms with van der Waals surface area (Å²) < 4.78 is 4.74. The van der Waals surface area contributed by atoms with Gasteiger partial charge < -0.3 is 9.84 Å². The second-order valence-electron chi connectivity index (χ2n) is 3.35. The number of carbonyl (C=O) groups is 1. The zero-order valence-corrected chi connectivity index (χ0v) is 8.85. The minimum absolute atomic E-state index is 0.0975. The maximum Gasteiger partial charge on any atom is 0.313 e. The molecule has 0 spiro atoms. The number of ether oxygens (including phenoxy) is 1. The Labute approximate surface area is 89.7 Å². The maximum absolute atomic E-state index is 11.5. The van der Waals surface area contributed by atoms with E-state index in [0.29, 0.717) is 12.8 Å². The van der Waals surface area contributed by atoms with Gasteiger partial charge in [0, 0.05) is 6.61 Å². The molecule has 15 heavy (non-hydrogen) atoms. The summed E-state index contributed by atoms with van der Waals surface area (Å²) in [6, 6.07) is 9.50. The summed E-state index contributed by atoms with van der Waals surface area (Å²) >= 11 is 0. The average molecular weight is 208 g/mol. The molecule has 1 atom stereocenters. The Morgan fingerprint density at radius 2 is 2.07 bits per heavy atom. The van der Waals surface area contributed by atoms with Gasteiger partial charge in [-0.05, 0) is 18.4 Å². The quantitative estimate of drug-likeness (QED) is 0.749. The van der Waals surface area contributed by atoms with Gasteiger partial charge in [-0.15, -0.1) is 0 Å². The molecular formula is C12H16O3. The first-order valence-electron chi connectivity index (χ1n) is 5.03. The predicted molar refractivity (Wildman–Crippen MR) is 57.5 cm³/mol. The van der Waals surface area contributed by atoms with Crippen LogP contribution in [0.5, 0.6) is 0 Å². The molecule has 0 aliphatic heterocycles. The van der Waals surface area contributed by atoms with Gasteiger partial charge in [0.05, 0.1) is 13.0 Å². The second kappa shape index (κ2) is 6.19. The average Bonchev–Trinajstić information content (AvgIpc) is 2.30. The number of aliphatic hydroxyl groups excluding tert-OH is 1. The van der Waals surface area contributed by atoms with E-state index in [9.17, 15) is 4.79 Å². The standard InChI is InChI=1S/C12H16O3/c1-15-12(14)11(8-5-9-13)10-6-3-2-4-7-10/h2-4,6-7,11,13H,5,8-9H2,1H3. The number of carbonyl (C=O) groups excluding carboxylic acids is 1. The molecule has 0 heterocycles. The van der Waals surface area contributed by atoms with E-state index in [4.69, 9.17) is 9.84 Å². The van der Waals surface area contributed by atoms with Crippen LogP contribution >= 0.6 is 0 Å². The highest BCUT2D eigenvalue weighted by molar-refractivity contribution is 5.77. The Bertz CT molecular complexity index is 295. The minimum atomic E-state index is -0.261. The van der Waals surface area contributed by atoms with Crippen LogP contribution in [0, 0.1) is 0 Å². The molecule has 82 valence electrons. The van der Waals surface area contributed by atoms with Gasteiger partial charge in [-0.25, -0.2) is 0 Å². The first-order chi connectivity index (χ1) is 7.29. The van der Waals surface area contributed by atoms with Crippen molar-refractivity contribution in [3.8, 4) is 0 Å². The summed E-state index contributed by atoms with van der Waals surface area (Å²) in [5, 5.41) is 8.76. The fourth-order valence-electron chi connectivity index (χ4n) is 1.54. The van der Waals surface area contributed by atoms with E-state index in [1.807, 2.05) is 30.3 Å². The van der Waals surface area contributed by atoms with Crippen molar-refractivity contribution in [2.45, 2.75) is 18.8 Å².